The molecule has 0 saturated carbocycles. The molecule has 29 heavy (non-hydrogen) atoms. The van der Waals surface area contributed by atoms with Crippen LogP contribution in [0.4, 0.5) is 11.4 Å². The third-order valence-corrected chi connectivity index (χ3v) is 5.30. The summed E-state index contributed by atoms with van der Waals surface area (Å²) in [6, 6.07) is 21.8. The number of aliphatic carboxylic acids is 1. The lowest BCUT2D eigenvalue weighted by molar-refractivity contribution is -0.319. The van der Waals surface area contributed by atoms with Crippen molar-refractivity contribution in [3.05, 3.63) is 91.0 Å². The number of carboxylic acids is 1. The maximum Gasteiger partial charge on any atom is 0.0952 e. The van der Waals surface area contributed by atoms with Gasteiger partial charge in [-0.15, -0.1) is 0 Å². The number of carboxylic acid groups (broad SMARTS) is 1. The lowest BCUT2D eigenvalue weighted by Crippen LogP contribution is -2.44. The summed E-state index contributed by atoms with van der Waals surface area (Å²) in [5, 5.41) is 17.6. The molecule has 5 nitrogen and oxygen atoms in total. The maximum atomic E-state index is 11.8. The normalized spacial score (nSPS) is 12.6. The highest BCUT2D eigenvalue weighted by Crippen LogP contribution is 2.37. The van der Waals surface area contributed by atoms with E-state index in [4.69, 9.17) is 0 Å². The number of benzene rings is 3. The van der Waals surface area contributed by atoms with Crippen LogP contribution in [0.5, 0.6) is 0 Å². The summed E-state index contributed by atoms with van der Waals surface area (Å²) < 4.78 is 1.81. The van der Waals surface area contributed by atoms with E-state index in [1.807, 2.05) is 47.0 Å². The SMILES string of the molecule is CC(C)(C(=O)[O-])C(c1ccc(Nc2ccc3ccccc3c2)cc1)n1ccnc1. The molecular formula is C24H22N3O2-. The molecule has 1 atom stereocenters. The van der Waals surface area contributed by atoms with E-state index in [1.54, 1.807) is 32.6 Å². The molecule has 0 fully saturated rings. The van der Waals surface area contributed by atoms with Crippen LogP contribution in [0, 0.1) is 5.41 Å². The van der Waals surface area contributed by atoms with Crippen LogP contribution in [-0.2, 0) is 4.79 Å². The van der Waals surface area contributed by atoms with Crippen LogP contribution in [0.3, 0.4) is 0 Å². The first-order chi connectivity index (χ1) is 13.9. The molecule has 1 unspecified atom stereocenters. The number of carbonyl (C=O) groups excluding carboxylic acids is 1. The zero-order chi connectivity index (χ0) is 20.4. The summed E-state index contributed by atoms with van der Waals surface area (Å²) in [6.07, 6.45) is 5.06. The fourth-order valence-corrected chi connectivity index (χ4v) is 3.68. The van der Waals surface area contributed by atoms with Crippen molar-refractivity contribution in [1.82, 2.24) is 9.55 Å². The van der Waals surface area contributed by atoms with Gasteiger partial charge in [0.25, 0.3) is 0 Å². The maximum absolute atomic E-state index is 11.8. The quantitative estimate of drug-likeness (QED) is 0.542. The number of fused-ring (bicyclic) bond motifs is 1. The Kier molecular flexibility index (Phi) is 4.80. The van der Waals surface area contributed by atoms with Gasteiger partial charge in [-0.3, -0.25) is 0 Å². The molecule has 0 amide bonds. The number of nitrogens with one attached hydrogen (secondary N) is 1. The fourth-order valence-electron chi connectivity index (χ4n) is 3.68. The van der Waals surface area contributed by atoms with Crippen LogP contribution in [0.2, 0.25) is 0 Å². The zero-order valence-corrected chi connectivity index (χ0v) is 16.4. The summed E-state index contributed by atoms with van der Waals surface area (Å²) in [5.41, 5.74) is 1.70. The van der Waals surface area contributed by atoms with E-state index >= 15 is 0 Å². The van der Waals surface area contributed by atoms with Gasteiger partial charge in [0.15, 0.2) is 0 Å². The number of hydrogen-bond donors (Lipinski definition) is 1. The minimum Gasteiger partial charge on any atom is -0.549 e. The van der Waals surface area contributed by atoms with E-state index in [0.717, 1.165) is 16.9 Å². The van der Waals surface area contributed by atoms with Gasteiger partial charge in [-0.25, -0.2) is 4.98 Å². The van der Waals surface area contributed by atoms with Crippen molar-refractivity contribution >= 4 is 28.1 Å². The summed E-state index contributed by atoms with van der Waals surface area (Å²) in [4.78, 5) is 15.9. The molecule has 1 aromatic heterocycles. The Morgan fingerprint density at radius 1 is 1.00 bits per heavy atom. The standard InChI is InChI=1S/C24H23N3O2/c1-24(2,23(28)29)22(27-14-13-25-16-27)18-8-10-20(11-9-18)26-21-12-7-17-5-3-4-6-19(17)15-21/h3-16,22,26H,1-2H3,(H,28,29)/p-1. The minimum atomic E-state index is -1.10. The van der Waals surface area contributed by atoms with Crippen LogP contribution >= 0.6 is 0 Å². The molecule has 0 aliphatic carbocycles. The Hall–Kier alpha value is -3.60. The van der Waals surface area contributed by atoms with E-state index in [1.165, 1.54) is 10.8 Å². The minimum absolute atomic E-state index is 0.426. The molecule has 0 bridgehead atoms. The predicted octanol–water partition coefficient (Wildman–Crippen LogP) is 4.15. The second-order valence-electron chi connectivity index (χ2n) is 7.73. The van der Waals surface area contributed by atoms with Crippen LogP contribution in [0.1, 0.15) is 25.5 Å². The van der Waals surface area contributed by atoms with Gasteiger partial charge >= 0.3 is 0 Å². The first-order valence-electron chi connectivity index (χ1n) is 9.50. The van der Waals surface area contributed by atoms with Crippen molar-refractivity contribution in [3.63, 3.8) is 0 Å². The lowest BCUT2D eigenvalue weighted by Gasteiger charge is -2.36. The van der Waals surface area contributed by atoms with Gasteiger partial charge in [0, 0.05) is 35.2 Å². The summed E-state index contributed by atoms with van der Waals surface area (Å²) in [6.45, 7) is 3.35. The number of anilines is 2. The average Bonchev–Trinajstić information content (AvgIpc) is 3.23. The molecule has 1 N–H and O–H groups in total. The Labute approximate surface area is 169 Å². The Balaban J connectivity index is 1.62. The Morgan fingerprint density at radius 2 is 1.69 bits per heavy atom. The average molecular weight is 384 g/mol. The summed E-state index contributed by atoms with van der Waals surface area (Å²) in [5.74, 6) is -1.10. The number of aromatic nitrogens is 2. The number of carbonyl (C=O) groups is 1. The monoisotopic (exact) mass is 384 g/mol. The van der Waals surface area contributed by atoms with Crippen molar-refractivity contribution in [3.8, 4) is 0 Å². The van der Waals surface area contributed by atoms with Crippen molar-refractivity contribution in [2.75, 3.05) is 5.32 Å². The molecule has 0 aliphatic rings. The van der Waals surface area contributed by atoms with Gasteiger partial charge in [0.2, 0.25) is 0 Å². The highest BCUT2D eigenvalue weighted by Gasteiger charge is 2.33. The van der Waals surface area contributed by atoms with Crippen molar-refractivity contribution < 1.29 is 9.90 Å². The molecule has 0 aliphatic heterocycles. The van der Waals surface area contributed by atoms with Crippen LogP contribution in [0.15, 0.2) is 85.5 Å². The summed E-state index contributed by atoms with van der Waals surface area (Å²) in [7, 11) is 0. The fraction of sp³-hybridized carbons (Fsp3) is 0.167. The second kappa shape index (κ2) is 7.43. The first kappa shape index (κ1) is 18.7. The van der Waals surface area contributed by atoms with Gasteiger partial charge in [-0.2, -0.15) is 0 Å². The summed E-state index contributed by atoms with van der Waals surface area (Å²) >= 11 is 0. The number of hydrogen-bond acceptors (Lipinski definition) is 4. The number of imidazole rings is 1. The third kappa shape index (κ3) is 3.72. The molecule has 0 spiro atoms. The lowest BCUT2D eigenvalue weighted by atomic mass is 9.80. The Bertz CT molecular complexity index is 1130. The Morgan fingerprint density at radius 3 is 2.34 bits per heavy atom. The molecule has 4 rings (SSSR count). The number of rotatable bonds is 6. The van der Waals surface area contributed by atoms with E-state index < -0.39 is 17.4 Å². The van der Waals surface area contributed by atoms with E-state index in [0.29, 0.717) is 0 Å². The first-order valence-corrected chi connectivity index (χ1v) is 9.50. The van der Waals surface area contributed by atoms with E-state index in [2.05, 4.69) is 34.6 Å². The van der Waals surface area contributed by atoms with Gasteiger partial charge in [-0.05, 0) is 40.6 Å². The molecule has 146 valence electrons. The molecule has 5 heteroatoms. The van der Waals surface area contributed by atoms with Crippen molar-refractivity contribution in [1.29, 1.82) is 0 Å². The largest absolute Gasteiger partial charge is 0.549 e. The van der Waals surface area contributed by atoms with Gasteiger partial charge in [-0.1, -0.05) is 56.3 Å². The molecular weight excluding hydrogens is 362 g/mol. The van der Waals surface area contributed by atoms with Gasteiger partial charge in [0.1, 0.15) is 0 Å². The van der Waals surface area contributed by atoms with Crippen molar-refractivity contribution in [2.45, 2.75) is 19.9 Å². The molecule has 4 aromatic rings. The zero-order valence-electron chi connectivity index (χ0n) is 16.4. The van der Waals surface area contributed by atoms with Crippen LogP contribution < -0.4 is 10.4 Å². The number of nitrogens with zero attached hydrogens (tertiary/aromatic N) is 2. The smallest absolute Gasteiger partial charge is 0.0952 e. The predicted molar refractivity (Wildman–Crippen MR) is 113 cm³/mol. The van der Waals surface area contributed by atoms with Crippen LogP contribution in [-0.4, -0.2) is 15.5 Å². The molecule has 3 aromatic carbocycles. The van der Waals surface area contributed by atoms with Crippen LogP contribution in [0.25, 0.3) is 10.8 Å². The molecule has 0 saturated heterocycles. The van der Waals surface area contributed by atoms with E-state index in [9.17, 15) is 9.90 Å². The van der Waals surface area contributed by atoms with E-state index in [-0.39, 0.29) is 0 Å². The highest BCUT2D eigenvalue weighted by molar-refractivity contribution is 5.86. The third-order valence-electron chi connectivity index (χ3n) is 5.30. The highest BCUT2D eigenvalue weighted by atomic mass is 16.4. The molecule has 0 radical (unpaired) electrons. The topological polar surface area (TPSA) is 70.0 Å². The van der Waals surface area contributed by atoms with Gasteiger partial charge < -0.3 is 19.8 Å². The molecule has 1 heterocycles. The second-order valence-corrected chi connectivity index (χ2v) is 7.73. The van der Waals surface area contributed by atoms with Crippen molar-refractivity contribution in [2.24, 2.45) is 5.41 Å². The van der Waals surface area contributed by atoms with Gasteiger partial charge in [0.05, 0.1) is 12.4 Å².